The van der Waals surface area contributed by atoms with Crippen LogP contribution in [0.15, 0.2) is 72.8 Å². The van der Waals surface area contributed by atoms with Crippen molar-refractivity contribution in [3.8, 4) is 29.8 Å². The molecule has 0 aliphatic carbocycles. The van der Waals surface area contributed by atoms with Gasteiger partial charge in [-0.2, -0.15) is 18.4 Å². The molecule has 0 N–H and O–H groups in total. The summed E-state index contributed by atoms with van der Waals surface area (Å²) in [5.41, 5.74) is 1.27. The second-order valence-corrected chi connectivity index (χ2v) is 5.75. The van der Waals surface area contributed by atoms with E-state index in [9.17, 15) is 13.2 Å². The summed E-state index contributed by atoms with van der Waals surface area (Å²) in [5.74, 6) is 11.3. The monoisotopic (exact) mass is 371 g/mol. The molecule has 0 bridgehead atoms. The summed E-state index contributed by atoms with van der Waals surface area (Å²) in [4.78, 5) is 0. The van der Waals surface area contributed by atoms with Crippen LogP contribution in [0.25, 0.3) is 0 Å². The van der Waals surface area contributed by atoms with Gasteiger partial charge in [0.1, 0.15) is 6.07 Å². The van der Waals surface area contributed by atoms with Crippen LogP contribution in [0.2, 0.25) is 0 Å². The lowest BCUT2D eigenvalue weighted by Gasteiger charge is -2.08. The Kier molecular flexibility index (Phi) is 5.50. The molecule has 0 heterocycles. The largest absolute Gasteiger partial charge is 0.417 e. The summed E-state index contributed by atoms with van der Waals surface area (Å²) in [6, 6.07) is 21.2. The summed E-state index contributed by atoms with van der Waals surface area (Å²) >= 11 is 0. The summed E-state index contributed by atoms with van der Waals surface area (Å²) < 4.78 is 39.4. The molecule has 0 aliphatic rings. The first-order chi connectivity index (χ1) is 13.5. The minimum absolute atomic E-state index is 0.0902. The SMILES string of the molecule is N#Cc1ccccc1C#Cc1ccccc1C#Cc1ccccc1C(F)(F)F. The van der Waals surface area contributed by atoms with Gasteiger partial charge in [0.15, 0.2) is 0 Å². The van der Waals surface area contributed by atoms with Gasteiger partial charge >= 0.3 is 6.18 Å². The molecule has 0 radical (unpaired) electrons. The molecule has 0 aliphatic heterocycles. The normalized spacial score (nSPS) is 10.1. The third-order valence-corrected chi connectivity index (χ3v) is 3.87. The number of hydrogen-bond donors (Lipinski definition) is 0. The maximum Gasteiger partial charge on any atom is 0.417 e. The third-order valence-electron chi connectivity index (χ3n) is 3.87. The van der Waals surface area contributed by atoms with Crippen LogP contribution in [0.4, 0.5) is 13.2 Å². The smallest absolute Gasteiger partial charge is 0.192 e. The highest BCUT2D eigenvalue weighted by Gasteiger charge is 2.32. The van der Waals surface area contributed by atoms with Gasteiger partial charge < -0.3 is 0 Å². The zero-order valence-electron chi connectivity index (χ0n) is 14.5. The molecule has 0 aromatic heterocycles. The number of benzene rings is 3. The molecule has 0 fully saturated rings. The lowest BCUT2D eigenvalue weighted by molar-refractivity contribution is -0.137. The second-order valence-electron chi connectivity index (χ2n) is 5.75. The average molecular weight is 371 g/mol. The number of alkyl halides is 3. The Labute approximate surface area is 161 Å². The van der Waals surface area contributed by atoms with E-state index in [0.29, 0.717) is 22.3 Å². The molecule has 0 spiro atoms. The summed E-state index contributed by atoms with van der Waals surface area (Å²) in [7, 11) is 0. The van der Waals surface area contributed by atoms with Gasteiger partial charge in [-0.05, 0) is 36.4 Å². The maximum absolute atomic E-state index is 13.1. The summed E-state index contributed by atoms with van der Waals surface area (Å²) in [6.45, 7) is 0. The Hall–Kier alpha value is -3.94. The van der Waals surface area contributed by atoms with Crippen LogP contribution in [0.3, 0.4) is 0 Å². The van der Waals surface area contributed by atoms with E-state index >= 15 is 0 Å². The lowest BCUT2D eigenvalue weighted by atomic mass is 10.0. The Morgan fingerprint density at radius 2 is 0.893 bits per heavy atom. The van der Waals surface area contributed by atoms with Crippen LogP contribution in [0.5, 0.6) is 0 Å². The van der Waals surface area contributed by atoms with Crippen LogP contribution in [-0.2, 0) is 6.18 Å². The van der Waals surface area contributed by atoms with Crippen molar-refractivity contribution >= 4 is 0 Å². The summed E-state index contributed by atoms with van der Waals surface area (Å²) in [5, 5.41) is 9.14. The fourth-order valence-corrected chi connectivity index (χ4v) is 2.50. The predicted molar refractivity (Wildman–Crippen MR) is 101 cm³/mol. The average Bonchev–Trinajstić information content (AvgIpc) is 2.71. The van der Waals surface area contributed by atoms with E-state index in [0.717, 1.165) is 6.07 Å². The number of halogens is 3. The molecule has 3 rings (SSSR count). The molecule has 4 heteroatoms. The molecule has 0 saturated carbocycles. The molecule has 0 amide bonds. The molecule has 0 unspecified atom stereocenters. The quantitative estimate of drug-likeness (QED) is 0.487. The van der Waals surface area contributed by atoms with Gasteiger partial charge in [-0.15, -0.1) is 0 Å². The van der Waals surface area contributed by atoms with Gasteiger partial charge in [0.05, 0.1) is 11.1 Å². The van der Waals surface area contributed by atoms with Crippen LogP contribution in [-0.4, -0.2) is 0 Å². The first-order valence-corrected chi connectivity index (χ1v) is 8.27. The number of rotatable bonds is 0. The molecule has 0 atom stereocenters. The molecule has 1 nitrogen and oxygen atoms in total. The predicted octanol–water partition coefficient (Wildman–Crippen LogP) is 5.38. The van der Waals surface area contributed by atoms with E-state index in [1.54, 1.807) is 48.5 Å². The topological polar surface area (TPSA) is 23.8 Å². The molecule has 0 saturated heterocycles. The number of hydrogen-bond acceptors (Lipinski definition) is 1. The molecular formula is C24H12F3N. The standard InChI is InChI=1S/C24H12F3N/c25-24(26,27)23-12-6-5-10-21(23)16-15-19-8-2-1-7-18(19)13-14-20-9-3-4-11-22(20)17-28/h1-12H. The fraction of sp³-hybridized carbons (Fsp3) is 0.0417. The van der Waals surface area contributed by atoms with Crippen molar-refractivity contribution in [1.82, 2.24) is 0 Å². The molecule has 3 aromatic rings. The highest BCUT2D eigenvalue weighted by Crippen LogP contribution is 2.31. The Morgan fingerprint density at radius 1 is 0.536 bits per heavy atom. The van der Waals surface area contributed by atoms with Crippen molar-refractivity contribution in [3.05, 3.63) is 106 Å². The summed E-state index contributed by atoms with van der Waals surface area (Å²) in [6.07, 6.45) is -4.47. The van der Waals surface area contributed by atoms with Crippen LogP contribution >= 0.6 is 0 Å². The number of nitriles is 1. The van der Waals surface area contributed by atoms with Crippen molar-refractivity contribution in [2.24, 2.45) is 0 Å². The fourth-order valence-electron chi connectivity index (χ4n) is 2.50. The highest BCUT2D eigenvalue weighted by atomic mass is 19.4. The van der Waals surface area contributed by atoms with E-state index < -0.39 is 11.7 Å². The molecule has 3 aromatic carbocycles. The van der Waals surface area contributed by atoms with Crippen LogP contribution < -0.4 is 0 Å². The van der Waals surface area contributed by atoms with E-state index in [4.69, 9.17) is 5.26 Å². The number of nitrogens with zero attached hydrogens (tertiary/aromatic N) is 1. The van der Waals surface area contributed by atoms with Gasteiger partial charge in [-0.1, -0.05) is 60.1 Å². The minimum atomic E-state index is -4.47. The van der Waals surface area contributed by atoms with Gasteiger partial charge in [-0.25, -0.2) is 0 Å². The minimum Gasteiger partial charge on any atom is -0.192 e. The Morgan fingerprint density at radius 3 is 1.36 bits per heavy atom. The van der Waals surface area contributed by atoms with Gasteiger partial charge in [0.25, 0.3) is 0 Å². The van der Waals surface area contributed by atoms with E-state index in [1.807, 2.05) is 0 Å². The maximum atomic E-state index is 13.1. The Bertz CT molecular complexity index is 1180. The Balaban J connectivity index is 2.01. The molecule has 134 valence electrons. The van der Waals surface area contributed by atoms with Crippen LogP contribution in [0.1, 0.15) is 33.4 Å². The van der Waals surface area contributed by atoms with E-state index in [-0.39, 0.29) is 5.56 Å². The van der Waals surface area contributed by atoms with Crippen molar-refractivity contribution in [2.45, 2.75) is 6.18 Å². The van der Waals surface area contributed by atoms with Crippen LogP contribution in [0, 0.1) is 35.0 Å². The second kappa shape index (κ2) is 8.17. The van der Waals surface area contributed by atoms with Gasteiger partial charge in [0, 0.05) is 22.3 Å². The zero-order valence-corrected chi connectivity index (χ0v) is 14.5. The lowest BCUT2D eigenvalue weighted by Crippen LogP contribution is -2.07. The van der Waals surface area contributed by atoms with Gasteiger partial charge in [0.2, 0.25) is 0 Å². The van der Waals surface area contributed by atoms with Crippen molar-refractivity contribution in [3.63, 3.8) is 0 Å². The highest BCUT2D eigenvalue weighted by molar-refractivity contribution is 5.57. The van der Waals surface area contributed by atoms with Crippen molar-refractivity contribution in [2.75, 3.05) is 0 Å². The first kappa shape index (κ1) is 18.8. The van der Waals surface area contributed by atoms with Gasteiger partial charge in [-0.3, -0.25) is 0 Å². The first-order valence-electron chi connectivity index (χ1n) is 8.27. The van der Waals surface area contributed by atoms with E-state index in [1.165, 1.54) is 18.2 Å². The molecular weight excluding hydrogens is 359 g/mol. The van der Waals surface area contributed by atoms with E-state index in [2.05, 4.69) is 29.8 Å². The van der Waals surface area contributed by atoms with Crippen molar-refractivity contribution in [1.29, 1.82) is 5.26 Å². The zero-order chi connectivity index (χ0) is 20.0. The molecule has 28 heavy (non-hydrogen) atoms. The van der Waals surface area contributed by atoms with Crippen molar-refractivity contribution < 1.29 is 13.2 Å². The third kappa shape index (κ3) is 4.42.